The maximum atomic E-state index is 4.44. The minimum atomic E-state index is 0.584. The van der Waals surface area contributed by atoms with E-state index in [1.54, 1.807) is 18.4 Å². The van der Waals surface area contributed by atoms with E-state index in [0.717, 1.165) is 41.4 Å². The van der Waals surface area contributed by atoms with E-state index in [1.165, 1.54) is 64.2 Å². The molecule has 4 saturated carbocycles. The molecule has 0 radical (unpaired) electrons. The third-order valence-corrected chi connectivity index (χ3v) is 10.7. The van der Waals surface area contributed by atoms with Crippen molar-refractivity contribution in [1.29, 1.82) is 0 Å². The number of rotatable bonds is 5. The van der Waals surface area contributed by atoms with Crippen LogP contribution in [0.15, 0.2) is 12.2 Å². The van der Waals surface area contributed by atoms with Crippen LogP contribution in [0.5, 0.6) is 0 Å². The first-order valence-corrected chi connectivity index (χ1v) is 12.9. The summed E-state index contributed by atoms with van der Waals surface area (Å²) in [6.45, 7) is 17.2. The zero-order valence-electron chi connectivity index (χ0n) is 19.7. The molecule has 4 aliphatic carbocycles. The summed E-state index contributed by atoms with van der Waals surface area (Å²) in [5, 5.41) is 0. The van der Waals surface area contributed by atoms with Crippen LogP contribution in [-0.4, -0.2) is 0 Å². The summed E-state index contributed by atoms with van der Waals surface area (Å²) in [5.41, 5.74) is 2.80. The van der Waals surface area contributed by atoms with E-state index in [4.69, 9.17) is 0 Å². The lowest BCUT2D eigenvalue weighted by Gasteiger charge is -2.61. The molecule has 0 heteroatoms. The molecule has 0 heterocycles. The van der Waals surface area contributed by atoms with Crippen molar-refractivity contribution >= 4 is 0 Å². The van der Waals surface area contributed by atoms with Crippen LogP contribution in [0.25, 0.3) is 0 Å². The van der Waals surface area contributed by atoms with Crippen molar-refractivity contribution in [2.24, 2.45) is 52.3 Å². The molecule has 0 bridgehead atoms. The molecule has 0 aromatic carbocycles. The SMILES string of the molecule is C=C1CCC2CC[C@H]3[C@@H]4CC[C@H]([C@H](C)CCCC(C)C)[C@@]4(C)CC[C@@H]3[C@@]2(C)C1. The molecule has 160 valence electrons. The molecule has 0 spiro atoms. The highest BCUT2D eigenvalue weighted by molar-refractivity contribution is 5.14. The summed E-state index contributed by atoms with van der Waals surface area (Å²) in [7, 11) is 0. The fourth-order valence-corrected chi connectivity index (χ4v) is 9.31. The summed E-state index contributed by atoms with van der Waals surface area (Å²) >= 11 is 0. The highest BCUT2D eigenvalue weighted by Crippen LogP contribution is 2.68. The Kier molecular flexibility index (Phi) is 5.83. The minimum Gasteiger partial charge on any atom is -0.0998 e. The van der Waals surface area contributed by atoms with Gasteiger partial charge in [0.1, 0.15) is 0 Å². The largest absolute Gasteiger partial charge is 0.0998 e. The predicted molar refractivity (Wildman–Crippen MR) is 122 cm³/mol. The van der Waals surface area contributed by atoms with E-state index < -0.39 is 0 Å². The Bertz CT molecular complexity index is 573. The molecule has 0 aromatic rings. The van der Waals surface area contributed by atoms with E-state index in [2.05, 4.69) is 41.2 Å². The van der Waals surface area contributed by atoms with Crippen molar-refractivity contribution in [1.82, 2.24) is 0 Å². The van der Waals surface area contributed by atoms with Crippen molar-refractivity contribution < 1.29 is 0 Å². The maximum absolute atomic E-state index is 4.44. The maximum Gasteiger partial charge on any atom is -0.0229 e. The highest BCUT2D eigenvalue weighted by atomic mass is 14.6. The van der Waals surface area contributed by atoms with Gasteiger partial charge >= 0.3 is 0 Å². The monoisotopic (exact) mass is 384 g/mol. The highest BCUT2D eigenvalue weighted by Gasteiger charge is 2.60. The van der Waals surface area contributed by atoms with Gasteiger partial charge in [-0.15, -0.1) is 0 Å². The number of hydrogen-bond donors (Lipinski definition) is 0. The summed E-state index contributed by atoms with van der Waals surface area (Å²) in [6, 6.07) is 0. The fraction of sp³-hybridized carbons (Fsp3) is 0.929. The van der Waals surface area contributed by atoms with Gasteiger partial charge in [0.2, 0.25) is 0 Å². The van der Waals surface area contributed by atoms with Gasteiger partial charge in [0.25, 0.3) is 0 Å². The van der Waals surface area contributed by atoms with Crippen LogP contribution in [0.3, 0.4) is 0 Å². The molecule has 4 rings (SSSR count). The van der Waals surface area contributed by atoms with Crippen molar-refractivity contribution in [3.05, 3.63) is 12.2 Å². The van der Waals surface area contributed by atoms with Gasteiger partial charge in [-0.05, 0) is 110 Å². The Balaban J connectivity index is 1.48. The van der Waals surface area contributed by atoms with Crippen LogP contribution in [0.1, 0.15) is 112 Å². The number of hydrogen-bond acceptors (Lipinski definition) is 0. The average molecular weight is 385 g/mol. The van der Waals surface area contributed by atoms with Crippen molar-refractivity contribution in [2.75, 3.05) is 0 Å². The molecule has 0 saturated heterocycles. The molecular weight excluding hydrogens is 336 g/mol. The van der Waals surface area contributed by atoms with Crippen LogP contribution < -0.4 is 0 Å². The van der Waals surface area contributed by atoms with Gasteiger partial charge < -0.3 is 0 Å². The summed E-state index contributed by atoms with van der Waals surface area (Å²) in [4.78, 5) is 0. The third kappa shape index (κ3) is 3.43. The Morgan fingerprint density at radius 1 is 0.893 bits per heavy atom. The predicted octanol–water partition coefficient (Wildman–Crippen LogP) is 8.66. The Hall–Kier alpha value is -0.260. The molecule has 0 aliphatic heterocycles. The molecule has 1 unspecified atom stereocenters. The Morgan fingerprint density at radius 3 is 2.39 bits per heavy atom. The van der Waals surface area contributed by atoms with E-state index in [1.807, 2.05) is 0 Å². The summed E-state index contributed by atoms with van der Waals surface area (Å²) in [5.74, 6) is 6.85. The van der Waals surface area contributed by atoms with E-state index >= 15 is 0 Å². The van der Waals surface area contributed by atoms with Gasteiger partial charge in [0.15, 0.2) is 0 Å². The van der Waals surface area contributed by atoms with Gasteiger partial charge in [0.05, 0.1) is 0 Å². The summed E-state index contributed by atoms with van der Waals surface area (Å²) in [6.07, 6.45) is 17.6. The van der Waals surface area contributed by atoms with Crippen LogP contribution in [-0.2, 0) is 0 Å². The number of fused-ring (bicyclic) bond motifs is 5. The summed E-state index contributed by atoms with van der Waals surface area (Å²) < 4.78 is 0. The Morgan fingerprint density at radius 2 is 1.64 bits per heavy atom. The smallest absolute Gasteiger partial charge is 0.0229 e. The van der Waals surface area contributed by atoms with Gasteiger partial charge in [-0.25, -0.2) is 0 Å². The zero-order valence-corrected chi connectivity index (χ0v) is 19.7. The number of allylic oxidation sites excluding steroid dienone is 1. The zero-order chi connectivity index (χ0) is 20.1. The average Bonchev–Trinajstić information content (AvgIpc) is 2.98. The van der Waals surface area contributed by atoms with Gasteiger partial charge in [0, 0.05) is 0 Å². The molecule has 4 aliphatic rings. The van der Waals surface area contributed by atoms with E-state index in [0.29, 0.717) is 10.8 Å². The Labute approximate surface area is 176 Å². The second kappa shape index (κ2) is 7.77. The fourth-order valence-electron chi connectivity index (χ4n) is 9.31. The lowest BCUT2D eigenvalue weighted by Crippen LogP contribution is -2.53. The molecule has 0 nitrogen and oxygen atoms in total. The second-order valence-electron chi connectivity index (χ2n) is 12.7. The third-order valence-electron chi connectivity index (χ3n) is 10.7. The molecule has 28 heavy (non-hydrogen) atoms. The van der Waals surface area contributed by atoms with Gasteiger partial charge in [-0.1, -0.05) is 66.0 Å². The van der Waals surface area contributed by atoms with E-state index in [-0.39, 0.29) is 0 Å². The molecule has 0 aromatic heterocycles. The van der Waals surface area contributed by atoms with Crippen LogP contribution in [0.2, 0.25) is 0 Å². The molecular formula is C28H48. The van der Waals surface area contributed by atoms with Crippen molar-refractivity contribution in [2.45, 2.75) is 112 Å². The normalized spacial score (nSPS) is 46.8. The minimum absolute atomic E-state index is 0.584. The first-order valence-electron chi connectivity index (χ1n) is 12.9. The van der Waals surface area contributed by atoms with Crippen molar-refractivity contribution in [3.8, 4) is 0 Å². The first kappa shape index (κ1) is 21.0. The topological polar surface area (TPSA) is 0 Å². The molecule has 0 N–H and O–H groups in total. The van der Waals surface area contributed by atoms with Gasteiger partial charge in [-0.2, -0.15) is 0 Å². The lowest BCUT2D eigenvalue weighted by molar-refractivity contribution is -0.107. The molecule has 8 atom stereocenters. The van der Waals surface area contributed by atoms with Gasteiger partial charge in [-0.3, -0.25) is 0 Å². The van der Waals surface area contributed by atoms with Crippen molar-refractivity contribution in [3.63, 3.8) is 0 Å². The standard InChI is InChI=1S/C28H48/c1-19(2)8-7-9-21(4)24-14-15-25-23-13-12-22-11-10-20(3)18-28(22,6)26(23)16-17-27(24,25)5/h19,21-26H,3,7-18H2,1-2,4-6H3/t21-,22?,23+,24-,25+,26+,27-,28+/m1/s1. The molecule has 4 fully saturated rings. The van der Waals surface area contributed by atoms with Crippen LogP contribution >= 0.6 is 0 Å². The molecule has 0 amide bonds. The van der Waals surface area contributed by atoms with E-state index in [9.17, 15) is 0 Å². The van der Waals surface area contributed by atoms with Crippen LogP contribution in [0, 0.1) is 52.3 Å². The quantitative estimate of drug-likeness (QED) is 0.416. The first-order chi connectivity index (χ1) is 13.3. The van der Waals surface area contributed by atoms with Crippen LogP contribution in [0.4, 0.5) is 0 Å². The lowest BCUT2D eigenvalue weighted by atomic mass is 9.44. The second-order valence-corrected chi connectivity index (χ2v) is 12.7.